The molecule has 2 fully saturated rings. The van der Waals surface area contributed by atoms with Crippen LogP contribution in [0.15, 0.2) is 6.07 Å². The highest BCUT2D eigenvalue weighted by Gasteiger charge is 2.42. The highest BCUT2D eigenvalue weighted by Crippen LogP contribution is 2.40. The van der Waals surface area contributed by atoms with Gasteiger partial charge in [-0.15, -0.1) is 11.3 Å². The van der Waals surface area contributed by atoms with E-state index in [1.807, 2.05) is 13.0 Å². The molecule has 116 valence electrons. The van der Waals surface area contributed by atoms with Crippen molar-refractivity contribution in [2.75, 3.05) is 13.1 Å². The van der Waals surface area contributed by atoms with Gasteiger partial charge in [0.1, 0.15) is 4.88 Å². The number of carboxylic acid groups (broad SMARTS) is 1. The maximum atomic E-state index is 11.1. The van der Waals surface area contributed by atoms with Crippen LogP contribution >= 0.6 is 11.3 Å². The van der Waals surface area contributed by atoms with Crippen LogP contribution in [0.1, 0.15) is 52.2 Å². The minimum Gasteiger partial charge on any atom is -0.477 e. The van der Waals surface area contributed by atoms with Gasteiger partial charge in [-0.05, 0) is 37.8 Å². The Morgan fingerprint density at radius 1 is 1.48 bits per heavy atom. The fourth-order valence-electron chi connectivity index (χ4n) is 3.81. The molecule has 4 nitrogen and oxygen atoms in total. The Labute approximate surface area is 129 Å². The Morgan fingerprint density at radius 3 is 3.00 bits per heavy atom. The van der Waals surface area contributed by atoms with E-state index in [0.29, 0.717) is 10.8 Å². The van der Waals surface area contributed by atoms with Crippen LogP contribution in [0.2, 0.25) is 0 Å². The van der Waals surface area contributed by atoms with Crippen LogP contribution in [0.4, 0.5) is 0 Å². The van der Waals surface area contributed by atoms with Crippen LogP contribution in [-0.2, 0) is 6.54 Å². The molecule has 2 heterocycles. The number of hydrogen-bond acceptors (Lipinski definition) is 4. The van der Waals surface area contributed by atoms with Gasteiger partial charge in [0.25, 0.3) is 0 Å². The number of hydrogen-bond donors (Lipinski definition) is 2. The Balaban J connectivity index is 1.68. The van der Waals surface area contributed by atoms with E-state index in [1.54, 1.807) is 0 Å². The standard InChI is InChI=1S/C16H23NO3S/c1-11-12(8-14(21-11)15(18)19)9-17-7-6-16(20)5-3-2-4-13(16)10-17/h8,13,20H,2-7,9-10H2,1H3,(H,18,19). The van der Waals surface area contributed by atoms with Crippen molar-refractivity contribution in [1.82, 2.24) is 4.90 Å². The molecule has 1 aliphatic heterocycles. The molecule has 0 aromatic carbocycles. The van der Waals surface area contributed by atoms with Crippen molar-refractivity contribution in [1.29, 1.82) is 0 Å². The number of nitrogens with zero attached hydrogens (tertiary/aromatic N) is 1. The lowest BCUT2D eigenvalue weighted by molar-refractivity contribution is -0.0967. The molecule has 0 radical (unpaired) electrons. The lowest BCUT2D eigenvalue weighted by Gasteiger charge is -2.47. The predicted octanol–water partition coefficient (Wildman–Crippen LogP) is 2.88. The summed E-state index contributed by atoms with van der Waals surface area (Å²) in [6, 6.07) is 1.81. The van der Waals surface area contributed by atoms with E-state index in [0.717, 1.165) is 55.8 Å². The van der Waals surface area contributed by atoms with Gasteiger partial charge in [0.15, 0.2) is 0 Å². The van der Waals surface area contributed by atoms with Gasteiger partial charge in [-0.2, -0.15) is 0 Å². The monoisotopic (exact) mass is 309 g/mol. The minimum atomic E-state index is -0.838. The molecule has 0 amide bonds. The molecule has 2 N–H and O–H groups in total. The summed E-state index contributed by atoms with van der Waals surface area (Å²) in [4.78, 5) is 15.0. The number of aromatic carboxylic acids is 1. The molecule has 3 rings (SSSR count). The summed E-state index contributed by atoms with van der Waals surface area (Å²) >= 11 is 1.36. The van der Waals surface area contributed by atoms with E-state index in [2.05, 4.69) is 4.90 Å². The molecule has 0 spiro atoms. The zero-order valence-electron chi connectivity index (χ0n) is 12.5. The summed E-state index contributed by atoms with van der Waals surface area (Å²) < 4.78 is 0. The van der Waals surface area contributed by atoms with Gasteiger partial charge in [0.05, 0.1) is 5.60 Å². The van der Waals surface area contributed by atoms with Gasteiger partial charge in [0.2, 0.25) is 0 Å². The van der Waals surface area contributed by atoms with E-state index < -0.39 is 11.6 Å². The average Bonchev–Trinajstić information content (AvgIpc) is 2.81. The minimum absolute atomic E-state index is 0.387. The van der Waals surface area contributed by atoms with Crippen molar-refractivity contribution >= 4 is 17.3 Å². The van der Waals surface area contributed by atoms with E-state index >= 15 is 0 Å². The summed E-state index contributed by atoms with van der Waals surface area (Å²) in [6.45, 7) is 4.65. The van der Waals surface area contributed by atoms with E-state index in [1.165, 1.54) is 17.8 Å². The van der Waals surface area contributed by atoms with Gasteiger partial charge in [-0.1, -0.05) is 12.8 Å². The van der Waals surface area contributed by atoms with E-state index in [9.17, 15) is 9.90 Å². The number of rotatable bonds is 3. The smallest absolute Gasteiger partial charge is 0.345 e. The van der Waals surface area contributed by atoms with Crippen LogP contribution in [0.3, 0.4) is 0 Å². The molecule has 1 saturated heterocycles. The Kier molecular flexibility index (Phi) is 4.08. The summed E-state index contributed by atoms with van der Waals surface area (Å²) in [5.41, 5.74) is 0.684. The molecule has 2 aliphatic rings. The Hall–Kier alpha value is -0.910. The Morgan fingerprint density at radius 2 is 2.29 bits per heavy atom. The number of piperidine rings is 1. The highest BCUT2D eigenvalue weighted by atomic mass is 32.1. The number of carboxylic acids is 1. The van der Waals surface area contributed by atoms with Gasteiger partial charge in [-0.3, -0.25) is 4.90 Å². The summed E-state index contributed by atoms with van der Waals surface area (Å²) in [5, 5.41) is 19.8. The summed E-state index contributed by atoms with van der Waals surface area (Å²) in [6.07, 6.45) is 5.30. The second kappa shape index (κ2) is 5.71. The molecular formula is C16H23NO3S. The number of fused-ring (bicyclic) bond motifs is 1. The quantitative estimate of drug-likeness (QED) is 0.901. The first-order valence-corrected chi connectivity index (χ1v) is 8.57. The molecule has 1 aliphatic carbocycles. The van der Waals surface area contributed by atoms with Crippen LogP contribution in [0, 0.1) is 12.8 Å². The second-order valence-corrected chi connectivity index (χ2v) is 7.78. The molecule has 1 saturated carbocycles. The van der Waals surface area contributed by atoms with Gasteiger partial charge < -0.3 is 10.2 Å². The van der Waals surface area contributed by atoms with Crippen molar-refractivity contribution in [3.05, 3.63) is 21.4 Å². The third-order valence-corrected chi connectivity index (χ3v) is 6.22. The zero-order valence-corrected chi connectivity index (χ0v) is 13.3. The first-order chi connectivity index (χ1) is 9.98. The van der Waals surface area contributed by atoms with Crippen molar-refractivity contribution in [2.24, 2.45) is 5.92 Å². The summed E-state index contributed by atoms with van der Waals surface area (Å²) in [5.74, 6) is -0.451. The fraction of sp³-hybridized carbons (Fsp3) is 0.688. The Bertz CT molecular complexity index is 542. The largest absolute Gasteiger partial charge is 0.477 e. The maximum absolute atomic E-state index is 11.1. The molecule has 2 atom stereocenters. The fourth-order valence-corrected chi connectivity index (χ4v) is 4.68. The second-order valence-electron chi connectivity index (χ2n) is 6.53. The number of aliphatic hydroxyl groups is 1. The molecular weight excluding hydrogens is 286 g/mol. The van der Waals surface area contributed by atoms with Gasteiger partial charge in [-0.25, -0.2) is 4.79 Å². The first-order valence-electron chi connectivity index (χ1n) is 7.75. The first kappa shape index (κ1) is 15.0. The lowest BCUT2D eigenvalue weighted by atomic mass is 9.71. The van der Waals surface area contributed by atoms with Crippen molar-refractivity contribution in [3.63, 3.8) is 0 Å². The topological polar surface area (TPSA) is 60.8 Å². The number of aryl methyl sites for hydroxylation is 1. The molecule has 21 heavy (non-hydrogen) atoms. The van der Waals surface area contributed by atoms with Crippen molar-refractivity contribution in [2.45, 2.75) is 51.2 Å². The van der Waals surface area contributed by atoms with Crippen molar-refractivity contribution < 1.29 is 15.0 Å². The number of likely N-dealkylation sites (tertiary alicyclic amines) is 1. The highest BCUT2D eigenvalue weighted by molar-refractivity contribution is 7.14. The zero-order chi connectivity index (χ0) is 15.0. The van der Waals surface area contributed by atoms with Crippen molar-refractivity contribution in [3.8, 4) is 0 Å². The molecule has 5 heteroatoms. The predicted molar refractivity (Wildman–Crippen MR) is 82.8 cm³/mol. The van der Waals surface area contributed by atoms with Crippen LogP contribution in [0.25, 0.3) is 0 Å². The molecule has 1 aromatic rings. The van der Waals surface area contributed by atoms with E-state index in [-0.39, 0.29) is 0 Å². The number of carbonyl (C=O) groups is 1. The summed E-state index contributed by atoms with van der Waals surface area (Å²) in [7, 11) is 0. The van der Waals surface area contributed by atoms with Gasteiger partial charge >= 0.3 is 5.97 Å². The third kappa shape index (κ3) is 3.00. The van der Waals surface area contributed by atoms with Crippen LogP contribution < -0.4 is 0 Å². The van der Waals surface area contributed by atoms with Gasteiger partial charge in [0, 0.05) is 30.4 Å². The third-order valence-electron chi connectivity index (χ3n) is 5.14. The molecule has 2 unspecified atom stereocenters. The number of thiophene rings is 1. The maximum Gasteiger partial charge on any atom is 0.345 e. The van der Waals surface area contributed by atoms with Crippen LogP contribution in [-0.4, -0.2) is 39.8 Å². The normalized spacial score (nSPS) is 30.1. The SMILES string of the molecule is Cc1sc(C(=O)O)cc1CN1CCC2(O)CCCCC2C1. The average molecular weight is 309 g/mol. The van der Waals surface area contributed by atoms with E-state index in [4.69, 9.17) is 5.11 Å². The molecule has 0 bridgehead atoms. The van der Waals surface area contributed by atoms with Crippen LogP contribution in [0.5, 0.6) is 0 Å². The molecule has 1 aromatic heterocycles. The lowest BCUT2D eigenvalue weighted by Crippen LogP contribution is -2.52.